The third kappa shape index (κ3) is 22.0. The van der Waals surface area contributed by atoms with Crippen LogP contribution in [0.3, 0.4) is 0 Å². The van der Waals surface area contributed by atoms with Crippen LogP contribution in [0, 0.1) is 5.92 Å². The number of methoxy groups -OCH3 is 1. The van der Waals surface area contributed by atoms with Crippen molar-refractivity contribution in [3.63, 3.8) is 0 Å². The van der Waals surface area contributed by atoms with E-state index < -0.39 is 17.9 Å². The van der Waals surface area contributed by atoms with Gasteiger partial charge in [0.25, 0.3) is 0 Å². The minimum absolute atomic E-state index is 0.0244. The van der Waals surface area contributed by atoms with E-state index in [1.54, 1.807) is 0 Å². The molecule has 1 rings (SSSR count). The maximum atomic E-state index is 11.2. The van der Waals surface area contributed by atoms with Gasteiger partial charge in [0.1, 0.15) is 12.7 Å². The zero-order valence-electron chi connectivity index (χ0n) is 20.5. The highest BCUT2D eigenvalue weighted by molar-refractivity contribution is 5.88. The Bertz CT molecular complexity index is 690. The molecule has 1 aliphatic heterocycles. The molecule has 2 unspecified atom stereocenters. The van der Waals surface area contributed by atoms with Crippen molar-refractivity contribution < 1.29 is 43.2 Å². The van der Waals surface area contributed by atoms with E-state index in [0.717, 1.165) is 25.0 Å². The SMILES string of the molecule is C=C(CC=CC(=O)O)C(=O)OCC1CO1.C=CC(=O)OC.C=CC(=O)OCC(CC)CCCC. The molecular formula is C25H38O9. The summed E-state index contributed by atoms with van der Waals surface area (Å²) in [5, 5.41) is 8.30. The summed E-state index contributed by atoms with van der Waals surface area (Å²) < 4.78 is 18.8. The molecule has 9 nitrogen and oxygen atoms in total. The van der Waals surface area contributed by atoms with Gasteiger partial charge in [-0.2, -0.15) is 0 Å². The fourth-order valence-corrected chi connectivity index (χ4v) is 2.06. The van der Waals surface area contributed by atoms with Gasteiger partial charge in [-0.05, 0) is 18.8 Å². The molecule has 1 heterocycles. The summed E-state index contributed by atoms with van der Waals surface area (Å²) in [6.07, 6.45) is 9.47. The Morgan fingerprint density at radius 2 is 1.74 bits per heavy atom. The maximum absolute atomic E-state index is 11.2. The van der Waals surface area contributed by atoms with Crippen molar-refractivity contribution in [1.82, 2.24) is 0 Å². The number of unbranched alkanes of at least 4 members (excludes halogenated alkanes) is 1. The lowest BCUT2D eigenvalue weighted by Gasteiger charge is -2.13. The fraction of sp³-hybridized carbons (Fsp3) is 0.520. The van der Waals surface area contributed by atoms with Gasteiger partial charge in [-0.3, -0.25) is 0 Å². The van der Waals surface area contributed by atoms with E-state index >= 15 is 0 Å². The number of rotatable bonds is 14. The Morgan fingerprint density at radius 1 is 1.12 bits per heavy atom. The van der Waals surface area contributed by atoms with Gasteiger partial charge in [0.2, 0.25) is 0 Å². The van der Waals surface area contributed by atoms with E-state index in [1.807, 2.05) is 0 Å². The molecule has 0 bridgehead atoms. The molecule has 0 aliphatic carbocycles. The Kier molecular flexibility index (Phi) is 21.0. The molecule has 1 N–H and O–H groups in total. The molecule has 0 radical (unpaired) electrons. The molecule has 34 heavy (non-hydrogen) atoms. The topological polar surface area (TPSA) is 129 Å². The molecule has 0 aromatic carbocycles. The van der Waals surface area contributed by atoms with Crippen LogP contribution in [-0.2, 0) is 38.1 Å². The maximum Gasteiger partial charge on any atom is 0.333 e. The summed E-state index contributed by atoms with van der Waals surface area (Å²) in [4.78, 5) is 41.9. The molecule has 0 spiro atoms. The molecular weight excluding hydrogens is 444 g/mol. The van der Waals surface area contributed by atoms with Gasteiger partial charge in [-0.1, -0.05) is 58.9 Å². The molecule has 1 aliphatic rings. The van der Waals surface area contributed by atoms with Gasteiger partial charge in [0.05, 0.1) is 20.3 Å². The first-order valence-corrected chi connectivity index (χ1v) is 11.0. The van der Waals surface area contributed by atoms with Crippen LogP contribution in [-0.4, -0.2) is 62.0 Å². The summed E-state index contributed by atoms with van der Waals surface area (Å²) >= 11 is 0. The van der Waals surface area contributed by atoms with Crippen molar-refractivity contribution in [2.45, 2.75) is 52.1 Å². The summed E-state index contributed by atoms with van der Waals surface area (Å²) in [5.41, 5.74) is 0.230. The van der Waals surface area contributed by atoms with E-state index in [2.05, 4.69) is 38.3 Å². The first-order valence-electron chi connectivity index (χ1n) is 11.0. The minimum atomic E-state index is -1.05. The first-order chi connectivity index (χ1) is 16.1. The molecule has 1 fully saturated rings. The number of hydrogen-bond acceptors (Lipinski definition) is 8. The number of carbonyl (C=O) groups excluding carboxylic acids is 3. The van der Waals surface area contributed by atoms with Crippen LogP contribution in [0.4, 0.5) is 0 Å². The number of carboxylic acids is 1. The number of carbonyl (C=O) groups is 4. The summed E-state index contributed by atoms with van der Waals surface area (Å²) in [5.74, 6) is -1.75. The third-order valence-electron chi connectivity index (χ3n) is 4.26. The highest BCUT2D eigenvalue weighted by Crippen LogP contribution is 2.13. The Labute approximate surface area is 202 Å². The lowest BCUT2D eigenvalue weighted by molar-refractivity contribution is -0.140. The van der Waals surface area contributed by atoms with Crippen LogP contribution in [0.5, 0.6) is 0 Å². The Morgan fingerprint density at radius 3 is 2.15 bits per heavy atom. The summed E-state index contributed by atoms with van der Waals surface area (Å²) in [6.45, 7) is 15.7. The molecule has 0 aromatic rings. The van der Waals surface area contributed by atoms with Crippen LogP contribution in [0.2, 0.25) is 0 Å². The van der Waals surface area contributed by atoms with Gasteiger partial charge in [0, 0.05) is 23.8 Å². The number of epoxide rings is 1. The second kappa shape index (κ2) is 21.6. The average Bonchev–Trinajstić information content (AvgIpc) is 3.67. The van der Waals surface area contributed by atoms with Crippen molar-refractivity contribution in [3.8, 4) is 0 Å². The minimum Gasteiger partial charge on any atom is -0.478 e. The number of aliphatic carboxylic acids is 1. The number of esters is 3. The van der Waals surface area contributed by atoms with Crippen molar-refractivity contribution in [2.75, 3.05) is 26.9 Å². The van der Waals surface area contributed by atoms with Crippen molar-refractivity contribution in [2.24, 2.45) is 5.92 Å². The van der Waals surface area contributed by atoms with Gasteiger partial charge in [-0.15, -0.1) is 0 Å². The number of carboxylic acid groups (broad SMARTS) is 1. The van der Waals surface area contributed by atoms with E-state index in [1.165, 1.54) is 32.1 Å². The zero-order chi connectivity index (χ0) is 26.4. The first kappa shape index (κ1) is 33.0. The number of ether oxygens (including phenoxy) is 4. The van der Waals surface area contributed by atoms with Crippen molar-refractivity contribution in [3.05, 3.63) is 49.6 Å². The highest BCUT2D eigenvalue weighted by atomic mass is 16.6. The molecule has 0 amide bonds. The van der Waals surface area contributed by atoms with E-state index in [9.17, 15) is 19.2 Å². The predicted octanol–water partition coefficient (Wildman–Crippen LogP) is 3.79. The smallest absolute Gasteiger partial charge is 0.333 e. The van der Waals surface area contributed by atoms with E-state index in [4.69, 9.17) is 19.3 Å². The van der Waals surface area contributed by atoms with E-state index in [-0.39, 0.29) is 30.7 Å². The monoisotopic (exact) mass is 482 g/mol. The van der Waals surface area contributed by atoms with E-state index in [0.29, 0.717) is 19.1 Å². The quantitative estimate of drug-likeness (QED) is 0.170. The van der Waals surface area contributed by atoms with Crippen LogP contribution >= 0.6 is 0 Å². The molecule has 0 aromatic heterocycles. The summed E-state index contributed by atoms with van der Waals surface area (Å²) in [7, 11) is 1.31. The molecule has 9 heteroatoms. The zero-order valence-corrected chi connectivity index (χ0v) is 20.5. The van der Waals surface area contributed by atoms with Crippen LogP contribution in [0.1, 0.15) is 46.0 Å². The van der Waals surface area contributed by atoms with Gasteiger partial charge in [0.15, 0.2) is 0 Å². The van der Waals surface area contributed by atoms with Gasteiger partial charge >= 0.3 is 23.9 Å². The lowest BCUT2D eigenvalue weighted by Crippen LogP contribution is -2.12. The van der Waals surface area contributed by atoms with Crippen LogP contribution in [0.15, 0.2) is 49.6 Å². The number of allylic oxidation sites excluding steroid dienone is 1. The molecule has 2 atom stereocenters. The van der Waals surface area contributed by atoms with Crippen LogP contribution < -0.4 is 0 Å². The fourth-order valence-electron chi connectivity index (χ4n) is 2.06. The highest BCUT2D eigenvalue weighted by Gasteiger charge is 2.24. The average molecular weight is 483 g/mol. The second-order valence-electron chi connectivity index (χ2n) is 7.08. The van der Waals surface area contributed by atoms with Gasteiger partial charge < -0.3 is 24.1 Å². The normalized spacial score (nSPS) is 14.1. The molecule has 1 saturated heterocycles. The number of hydrogen-bond donors (Lipinski definition) is 1. The summed E-state index contributed by atoms with van der Waals surface area (Å²) in [6, 6.07) is 0. The third-order valence-corrected chi connectivity index (χ3v) is 4.26. The van der Waals surface area contributed by atoms with Crippen molar-refractivity contribution >= 4 is 23.9 Å². The molecule has 192 valence electrons. The Balaban J connectivity index is 0. The lowest BCUT2D eigenvalue weighted by atomic mass is 10.0. The Hall–Kier alpha value is -3.20. The standard InChI is InChI=1S/C11H20O2.C10H12O5.C4H6O2/c1-4-7-8-10(5-2)9-13-11(12)6-3;1-7(3-2-4-9(11)12)10(13)15-6-8-5-14-8;1-3-4(5)6-2/h6,10H,3-5,7-9H2,1-2H3;2,4,8H,1,3,5-6H2,(H,11,12);3H,1H2,2H3. The van der Waals surface area contributed by atoms with Gasteiger partial charge in [-0.25, -0.2) is 19.2 Å². The predicted molar refractivity (Wildman–Crippen MR) is 128 cm³/mol. The molecule has 0 saturated carbocycles. The largest absolute Gasteiger partial charge is 0.478 e. The second-order valence-corrected chi connectivity index (χ2v) is 7.08. The van der Waals surface area contributed by atoms with Crippen LogP contribution in [0.25, 0.3) is 0 Å². The van der Waals surface area contributed by atoms with Crippen molar-refractivity contribution in [1.29, 1.82) is 0 Å².